The van der Waals surface area contributed by atoms with Crippen molar-refractivity contribution in [3.63, 3.8) is 0 Å². The summed E-state index contributed by atoms with van der Waals surface area (Å²) in [4.78, 5) is 15.0. The maximum absolute atomic E-state index is 13.1. The highest BCUT2D eigenvalue weighted by Crippen LogP contribution is 2.23. The number of nitrogens with zero attached hydrogens (tertiary/aromatic N) is 1. The Hall–Kier alpha value is -2.12. The predicted octanol–water partition coefficient (Wildman–Crippen LogP) is 2.54. The summed E-state index contributed by atoms with van der Waals surface area (Å²) < 4.78 is 0. The first-order valence-electron chi connectivity index (χ1n) is 9.80. The van der Waals surface area contributed by atoms with E-state index in [1.165, 1.54) is 5.56 Å². The molecule has 2 aliphatic rings. The molecule has 2 atom stereocenters. The first-order chi connectivity index (χ1) is 13.7. The summed E-state index contributed by atoms with van der Waals surface area (Å²) in [6, 6.07) is 17.7. The molecule has 2 saturated heterocycles. The van der Waals surface area contributed by atoms with Crippen molar-refractivity contribution in [1.29, 1.82) is 0 Å². The van der Waals surface area contributed by atoms with Gasteiger partial charge in [-0.3, -0.25) is 4.79 Å². The van der Waals surface area contributed by atoms with Crippen molar-refractivity contribution in [3.05, 3.63) is 65.2 Å². The lowest BCUT2D eigenvalue weighted by atomic mass is 9.90. The number of hydrogen-bond donors (Lipinski definition) is 4. The molecule has 6 nitrogen and oxygen atoms in total. The Morgan fingerprint density at radius 1 is 1.07 bits per heavy atom. The summed E-state index contributed by atoms with van der Waals surface area (Å²) in [5.41, 5.74) is 11.2. The molecule has 2 heterocycles. The minimum Gasteiger partial charge on any atom is -0.367 e. The largest absolute Gasteiger partial charge is 0.367 e. The van der Waals surface area contributed by atoms with Gasteiger partial charge in [-0.05, 0) is 48.9 Å². The van der Waals surface area contributed by atoms with Crippen LogP contribution in [0, 0.1) is 5.92 Å². The number of piperidine rings is 1. The Bertz CT molecular complexity index is 794. The van der Waals surface area contributed by atoms with E-state index in [-0.39, 0.29) is 18.1 Å². The second-order valence-electron chi connectivity index (χ2n) is 7.48. The van der Waals surface area contributed by atoms with E-state index in [0.717, 1.165) is 38.0 Å². The number of anilines is 1. The van der Waals surface area contributed by atoms with E-state index in [4.69, 9.17) is 11.6 Å². The average Bonchev–Trinajstić information content (AvgIpc) is 3.17. The molecule has 0 aromatic heterocycles. The molecule has 0 saturated carbocycles. The second-order valence-corrected chi connectivity index (χ2v) is 7.92. The standard InChI is InChI=1S/C21H26ClN5O/c22-17-7-4-8-18(14-17)23-20-19(24-26-25-20)21(28)27-11-9-16(10-12-27)13-15-5-2-1-3-6-15/h1-8,14,16,19-20,23-26H,9-13H2. The van der Waals surface area contributed by atoms with E-state index >= 15 is 0 Å². The van der Waals surface area contributed by atoms with Crippen LogP contribution in [0.1, 0.15) is 18.4 Å². The van der Waals surface area contributed by atoms with Gasteiger partial charge in [0.05, 0.1) is 0 Å². The van der Waals surface area contributed by atoms with E-state index in [1.54, 1.807) is 0 Å². The fourth-order valence-corrected chi connectivity index (χ4v) is 4.14. The fraction of sp³-hybridized carbons (Fsp3) is 0.381. The molecule has 2 unspecified atom stereocenters. The molecule has 0 radical (unpaired) electrons. The second kappa shape index (κ2) is 8.92. The number of nitrogens with one attached hydrogen (secondary N) is 4. The summed E-state index contributed by atoms with van der Waals surface area (Å²) in [5, 5.41) is 3.98. The van der Waals surface area contributed by atoms with Crippen molar-refractivity contribution in [1.82, 2.24) is 21.3 Å². The van der Waals surface area contributed by atoms with Gasteiger partial charge in [-0.2, -0.15) is 5.53 Å². The molecule has 2 aliphatic heterocycles. The number of carbonyl (C=O) groups is 1. The number of carbonyl (C=O) groups excluding carboxylic acids is 1. The van der Waals surface area contributed by atoms with Crippen molar-refractivity contribution in [2.24, 2.45) is 5.92 Å². The summed E-state index contributed by atoms with van der Waals surface area (Å²) in [7, 11) is 0. The van der Waals surface area contributed by atoms with Gasteiger partial charge in [-0.1, -0.05) is 48.0 Å². The van der Waals surface area contributed by atoms with Crippen LogP contribution in [0.3, 0.4) is 0 Å². The molecule has 4 N–H and O–H groups in total. The zero-order valence-corrected chi connectivity index (χ0v) is 16.5. The van der Waals surface area contributed by atoms with Gasteiger partial charge < -0.3 is 10.2 Å². The van der Waals surface area contributed by atoms with Crippen molar-refractivity contribution in [2.45, 2.75) is 31.5 Å². The van der Waals surface area contributed by atoms with E-state index in [2.05, 4.69) is 52.0 Å². The molecular weight excluding hydrogens is 374 g/mol. The molecule has 0 aliphatic carbocycles. The number of amides is 1. The SMILES string of the molecule is O=C(C1NNNC1Nc1cccc(Cl)c1)N1CCC(Cc2ccccc2)CC1. The Balaban J connectivity index is 1.31. The van der Waals surface area contributed by atoms with Crippen LogP contribution in [0.15, 0.2) is 54.6 Å². The first kappa shape index (κ1) is 19.2. The predicted molar refractivity (Wildman–Crippen MR) is 112 cm³/mol. The molecular formula is C21H26ClN5O. The third-order valence-corrected chi connectivity index (χ3v) is 5.73. The number of benzene rings is 2. The van der Waals surface area contributed by atoms with Gasteiger partial charge in [0.1, 0.15) is 12.2 Å². The minimum atomic E-state index is -0.385. The maximum Gasteiger partial charge on any atom is 0.244 e. The molecule has 2 aromatic carbocycles. The number of likely N-dealkylation sites (tertiary alicyclic amines) is 1. The van der Waals surface area contributed by atoms with Gasteiger partial charge in [-0.15, -0.1) is 0 Å². The van der Waals surface area contributed by atoms with Crippen LogP contribution in [0.25, 0.3) is 0 Å². The van der Waals surface area contributed by atoms with Gasteiger partial charge in [0.15, 0.2) is 0 Å². The molecule has 148 valence electrons. The highest BCUT2D eigenvalue weighted by atomic mass is 35.5. The third-order valence-electron chi connectivity index (χ3n) is 5.49. The summed E-state index contributed by atoms with van der Waals surface area (Å²) >= 11 is 6.06. The van der Waals surface area contributed by atoms with Crippen molar-refractivity contribution in [3.8, 4) is 0 Å². The van der Waals surface area contributed by atoms with Gasteiger partial charge in [0.25, 0.3) is 0 Å². The van der Waals surface area contributed by atoms with Crippen LogP contribution in [-0.2, 0) is 11.2 Å². The highest BCUT2D eigenvalue weighted by molar-refractivity contribution is 6.30. The molecule has 4 rings (SSSR count). The monoisotopic (exact) mass is 399 g/mol. The van der Waals surface area contributed by atoms with Crippen LogP contribution in [-0.4, -0.2) is 36.1 Å². The Morgan fingerprint density at radius 2 is 1.86 bits per heavy atom. The van der Waals surface area contributed by atoms with E-state index in [1.807, 2.05) is 29.2 Å². The lowest BCUT2D eigenvalue weighted by Crippen LogP contribution is -2.53. The van der Waals surface area contributed by atoms with E-state index in [0.29, 0.717) is 10.9 Å². The molecule has 2 aromatic rings. The van der Waals surface area contributed by atoms with Gasteiger partial charge >= 0.3 is 0 Å². The molecule has 1 amide bonds. The van der Waals surface area contributed by atoms with E-state index in [9.17, 15) is 4.79 Å². The summed E-state index contributed by atoms with van der Waals surface area (Å²) in [6.07, 6.45) is 2.92. The third kappa shape index (κ3) is 4.64. The minimum absolute atomic E-state index is 0.107. The lowest BCUT2D eigenvalue weighted by molar-refractivity contribution is -0.134. The smallest absolute Gasteiger partial charge is 0.244 e. The number of hydrogen-bond acceptors (Lipinski definition) is 5. The number of hydrazine groups is 2. The maximum atomic E-state index is 13.1. The van der Waals surface area contributed by atoms with Gasteiger partial charge in [0.2, 0.25) is 5.91 Å². The van der Waals surface area contributed by atoms with Crippen LogP contribution < -0.4 is 21.7 Å². The van der Waals surface area contributed by atoms with Crippen LogP contribution in [0.5, 0.6) is 0 Å². The Kier molecular flexibility index (Phi) is 6.12. The van der Waals surface area contributed by atoms with Crippen LogP contribution >= 0.6 is 11.6 Å². The van der Waals surface area contributed by atoms with Gasteiger partial charge in [0, 0.05) is 23.8 Å². The topological polar surface area (TPSA) is 68.4 Å². The Morgan fingerprint density at radius 3 is 2.61 bits per heavy atom. The first-order valence-corrected chi connectivity index (χ1v) is 10.2. The zero-order chi connectivity index (χ0) is 19.3. The fourth-order valence-electron chi connectivity index (χ4n) is 3.95. The lowest BCUT2D eigenvalue weighted by Gasteiger charge is -2.34. The number of rotatable bonds is 5. The zero-order valence-electron chi connectivity index (χ0n) is 15.7. The molecule has 0 spiro atoms. The average molecular weight is 400 g/mol. The van der Waals surface area contributed by atoms with E-state index < -0.39 is 0 Å². The molecule has 0 bridgehead atoms. The number of halogens is 1. The normalized spacial score (nSPS) is 23.0. The highest BCUT2D eigenvalue weighted by Gasteiger charge is 2.36. The van der Waals surface area contributed by atoms with Crippen molar-refractivity contribution >= 4 is 23.2 Å². The van der Waals surface area contributed by atoms with Crippen molar-refractivity contribution < 1.29 is 4.79 Å². The molecule has 28 heavy (non-hydrogen) atoms. The van der Waals surface area contributed by atoms with Crippen molar-refractivity contribution in [2.75, 3.05) is 18.4 Å². The Labute approximate surface area is 170 Å². The van der Waals surface area contributed by atoms with Gasteiger partial charge in [-0.25, -0.2) is 10.9 Å². The van der Waals surface area contributed by atoms with Crippen LogP contribution in [0.2, 0.25) is 5.02 Å². The summed E-state index contributed by atoms with van der Waals surface area (Å²) in [5.74, 6) is 0.745. The quantitative estimate of drug-likeness (QED) is 0.622. The molecule has 7 heteroatoms. The van der Waals surface area contributed by atoms with Crippen LogP contribution in [0.4, 0.5) is 5.69 Å². The summed E-state index contributed by atoms with van der Waals surface area (Å²) in [6.45, 7) is 1.61. The molecule has 2 fully saturated rings.